The van der Waals surface area contributed by atoms with Crippen LogP contribution in [-0.4, -0.2) is 35.2 Å². The standard InChI is InChI=1S/C19H24O6/c1-5-12(3)24-18(22)16(19(23)25-13(4)6-2)11-14-9-7-8-10-15(14)17(20)21/h7-13H,5-6H2,1-4H3,(H,20,21). The van der Waals surface area contributed by atoms with E-state index in [9.17, 15) is 19.5 Å². The fraction of sp³-hybridized carbons (Fsp3) is 0.421. The average Bonchev–Trinajstić information content (AvgIpc) is 2.59. The number of benzene rings is 1. The Morgan fingerprint density at radius 2 is 1.48 bits per heavy atom. The van der Waals surface area contributed by atoms with E-state index in [0.717, 1.165) is 0 Å². The molecule has 136 valence electrons. The Bertz CT molecular complexity index is 636. The molecular weight excluding hydrogens is 324 g/mol. The normalized spacial score (nSPS) is 12.6. The van der Waals surface area contributed by atoms with Crippen LogP contribution in [0.5, 0.6) is 0 Å². The van der Waals surface area contributed by atoms with Crippen LogP contribution in [-0.2, 0) is 19.1 Å². The van der Waals surface area contributed by atoms with Crippen LogP contribution in [0.2, 0.25) is 0 Å². The summed E-state index contributed by atoms with van der Waals surface area (Å²) in [5.74, 6) is -2.82. The van der Waals surface area contributed by atoms with E-state index in [1.165, 1.54) is 18.2 Å². The number of aromatic carboxylic acids is 1. The molecule has 6 nitrogen and oxygen atoms in total. The SMILES string of the molecule is CCC(C)OC(=O)C(=Cc1ccccc1C(=O)O)C(=O)OC(C)CC. The van der Waals surface area contributed by atoms with Crippen LogP contribution in [0.4, 0.5) is 0 Å². The molecule has 0 aliphatic heterocycles. The Kier molecular flexibility index (Phi) is 7.85. The smallest absolute Gasteiger partial charge is 0.345 e. The summed E-state index contributed by atoms with van der Waals surface area (Å²) in [5, 5.41) is 9.26. The number of carboxylic acid groups (broad SMARTS) is 1. The van der Waals surface area contributed by atoms with Crippen molar-refractivity contribution < 1.29 is 29.0 Å². The van der Waals surface area contributed by atoms with Gasteiger partial charge in [0, 0.05) is 0 Å². The summed E-state index contributed by atoms with van der Waals surface area (Å²) >= 11 is 0. The summed E-state index contributed by atoms with van der Waals surface area (Å²) < 4.78 is 10.4. The Morgan fingerprint density at radius 3 is 1.92 bits per heavy atom. The molecule has 0 fully saturated rings. The Hall–Kier alpha value is -2.63. The van der Waals surface area contributed by atoms with Crippen molar-refractivity contribution in [3.05, 3.63) is 41.0 Å². The number of hydrogen-bond donors (Lipinski definition) is 1. The lowest BCUT2D eigenvalue weighted by Crippen LogP contribution is -2.24. The van der Waals surface area contributed by atoms with Gasteiger partial charge in [0.05, 0.1) is 17.8 Å². The topological polar surface area (TPSA) is 89.9 Å². The minimum Gasteiger partial charge on any atom is -0.478 e. The molecule has 0 saturated heterocycles. The second kappa shape index (κ2) is 9.61. The Morgan fingerprint density at radius 1 is 1.00 bits per heavy atom. The van der Waals surface area contributed by atoms with Gasteiger partial charge in [-0.15, -0.1) is 0 Å². The monoisotopic (exact) mass is 348 g/mol. The lowest BCUT2D eigenvalue weighted by molar-refractivity contribution is -0.151. The summed E-state index contributed by atoms with van der Waals surface area (Å²) in [6.07, 6.45) is 1.64. The minimum atomic E-state index is -1.16. The molecule has 6 heteroatoms. The Balaban J connectivity index is 3.28. The first kappa shape index (κ1) is 20.4. The van der Waals surface area contributed by atoms with Gasteiger partial charge >= 0.3 is 17.9 Å². The molecule has 2 atom stereocenters. The summed E-state index contributed by atoms with van der Waals surface area (Å²) in [7, 11) is 0. The van der Waals surface area contributed by atoms with E-state index in [1.807, 2.05) is 13.8 Å². The zero-order valence-electron chi connectivity index (χ0n) is 14.9. The van der Waals surface area contributed by atoms with E-state index in [1.54, 1.807) is 26.0 Å². The van der Waals surface area contributed by atoms with E-state index < -0.39 is 17.9 Å². The second-order valence-electron chi connectivity index (χ2n) is 5.70. The first-order chi connectivity index (χ1) is 11.8. The molecule has 0 bridgehead atoms. The van der Waals surface area contributed by atoms with Crippen LogP contribution in [0, 0.1) is 0 Å². The molecule has 1 rings (SSSR count). The van der Waals surface area contributed by atoms with E-state index in [-0.39, 0.29) is 28.9 Å². The largest absolute Gasteiger partial charge is 0.478 e. The average molecular weight is 348 g/mol. The van der Waals surface area contributed by atoms with Crippen LogP contribution >= 0.6 is 0 Å². The van der Waals surface area contributed by atoms with E-state index in [4.69, 9.17) is 9.47 Å². The van der Waals surface area contributed by atoms with Gasteiger partial charge in [0.15, 0.2) is 0 Å². The maximum Gasteiger partial charge on any atom is 0.345 e. The van der Waals surface area contributed by atoms with Crippen molar-refractivity contribution in [2.45, 2.75) is 52.7 Å². The quantitative estimate of drug-likeness (QED) is 0.335. The molecule has 0 aliphatic rings. The van der Waals surface area contributed by atoms with E-state index >= 15 is 0 Å². The summed E-state index contributed by atoms with van der Waals surface area (Å²) in [5.41, 5.74) is -0.116. The van der Waals surface area contributed by atoms with Gasteiger partial charge in [0.25, 0.3) is 0 Å². The number of carbonyl (C=O) groups is 3. The molecule has 0 spiro atoms. The van der Waals surface area contributed by atoms with Gasteiger partial charge in [0.1, 0.15) is 5.57 Å². The molecule has 0 saturated carbocycles. The number of rotatable bonds is 8. The molecule has 0 heterocycles. The van der Waals surface area contributed by atoms with Gasteiger partial charge < -0.3 is 14.6 Å². The number of hydrogen-bond acceptors (Lipinski definition) is 5. The third-order valence-electron chi connectivity index (χ3n) is 3.70. The third-order valence-corrected chi connectivity index (χ3v) is 3.70. The highest BCUT2D eigenvalue weighted by molar-refractivity contribution is 6.18. The summed E-state index contributed by atoms with van der Waals surface area (Å²) in [6, 6.07) is 6.09. The van der Waals surface area contributed by atoms with Crippen molar-refractivity contribution in [2.75, 3.05) is 0 Å². The van der Waals surface area contributed by atoms with Gasteiger partial charge in [-0.1, -0.05) is 32.0 Å². The third kappa shape index (κ3) is 6.06. The first-order valence-electron chi connectivity index (χ1n) is 8.26. The predicted octanol–water partition coefficient (Wildman–Crippen LogP) is 3.45. The fourth-order valence-electron chi connectivity index (χ4n) is 1.83. The highest BCUT2D eigenvalue weighted by atomic mass is 16.6. The van der Waals surface area contributed by atoms with Crippen molar-refractivity contribution in [2.24, 2.45) is 0 Å². The molecule has 1 N–H and O–H groups in total. The molecule has 25 heavy (non-hydrogen) atoms. The molecule has 0 aliphatic carbocycles. The predicted molar refractivity (Wildman–Crippen MR) is 93.1 cm³/mol. The highest BCUT2D eigenvalue weighted by Crippen LogP contribution is 2.17. The van der Waals surface area contributed by atoms with Crippen molar-refractivity contribution >= 4 is 24.0 Å². The minimum absolute atomic E-state index is 0.0207. The molecule has 1 aromatic rings. The zero-order chi connectivity index (χ0) is 19.0. The summed E-state index contributed by atoms with van der Waals surface area (Å²) in [6.45, 7) is 7.11. The van der Waals surface area contributed by atoms with E-state index in [0.29, 0.717) is 12.8 Å². The van der Waals surface area contributed by atoms with Gasteiger partial charge in [-0.05, 0) is 44.4 Å². The van der Waals surface area contributed by atoms with Crippen LogP contribution < -0.4 is 0 Å². The Labute approximate surface area is 147 Å². The molecule has 0 amide bonds. The lowest BCUT2D eigenvalue weighted by atomic mass is 10.0. The number of esters is 2. The zero-order valence-corrected chi connectivity index (χ0v) is 14.9. The summed E-state index contributed by atoms with van der Waals surface area (Å²) in [4.78, 5) is 36.1. The van der Waals surface area contributed by atoms with Gasteiger partial charge in [0.2, 0.25) is 0 Å². The maximum absolute atomic E-state index is 12.4. The number of carboxylic acids is 1. The van der Waals surface area contributed by atoms with Crippen LogP contribution in [0.15, 0.2) is 29.8 Å². The van der Waals surface area contributed by atoms with Crippen LogP contribution in [0.3, 0.4) is 0 Å². The molecular formula is C19H24O6. The van der Waals surface area contributed by atoms with Crippen LogP contribution in [0.25, 0.3) is 6.08 Å². The number of ether oxygens (including phenoxy) is 2. The lowest BCUT2D eigenvalue weighted by Gasteiger charge is -2.15. The fourth-order valence-corrected chi connectivity index (χ4v) is 1.83. The maximum atomic E-state index is 12.4. The molecule has 1 aromatic carbocycles. The number of carbonyl (C=O) groups excluding carboxylic acids is 2. The van der Waals surface area contributed by atoms with Crippen molar-refractivity contribution in [3.8, 4) is 0 Å². The van der Waals surface area contributed by atoms with Gasteiger partial charge in [-0.2, -0.15) is 0 Å². The van der Waals surface area contributed by atoms with Gasteiger partial charge in [-0.3, -0.25) is 0 Å². The van der Waals surface area contributed by atoms with Crippen molar-refractivity contribution in [1.82, 2.24) is 0 Å². The van der Waals surface area contributed by atoms with Crippen molar-refractivity contribution in [3.63, 3.8) is 0 Å². The first-order valence-corrected chi connectivity index (χ1v) is 8.26. The molecule has 2 unspecified atom stereocenters. The van der Waals surface area contributed by atoms with Crippen LogP contribution in [0.1, 0.15) is 56.5 Å². The highest BCUT2D eigenvalue weighted by Gasteiger charge is 2.25. The molecule has 0 radical (unpaired) electrons. The van der Waals surface area contributed by atoms with Gasteiger partial charge in [-0.25, -0.2) is 14.4 Å². The van der Waals surface area contributed by atoms with Crippen molar-refractivity contribution in [1.29, 1.82) is 0 Å². The molecule has 0 aromatic heterocycles. The second-order valence-corrected chi connectivity index (χ2v) is 5.70. The van der Waals surface area contributed by atoms with E-state index in [2.05, 4.69) is 0 Å².